The topological polar surface area (TPSA) is 97.0 Å². The number of carbonyl (C=O) groups excluding carboxylic acids is 3. The van der Waals surface area contributed by atoms with Crippen LogP contribution in [0.25, 0.3) is 0 Å². The monoisotopic (exact) mass is 473 g/mol. The largest absolute Gasteiger partial charge is 0.482 e. The van der Waals surface area contributed by atoms with Crippen LogP contribution in [0.1, 0.15) is 33.6 Å². The first-order chi connectivity index (χ1) is 14.5. The summed E-state index contributed by atoms with van der Waals surface area (Å²) in [7, 11) is 0. The molecule has 0 saturated carbocycles. The van der Waals surface area contributed by atoms with E-state index in [1.165, 1.54) is 0 Å². The Morgan fingerprint density at radius 3 is 2.42 bits per heavy atom. The zero-order chi connectivity index (χ0) is 23.0. The molecule has 10 heteroatoms. The number of nitrogens with zero attached hydrogens (tertiary/aromatic N) is 1. The SMILES string of the molecule is CC(C)(C)OC(=O)NCC(=O)N1CCC(CNC(=O)COc2ccc(Cl)cc2Cl)CC1. The highest BCUT2D eigenvalue weighted by molar-refractivity contribution is 6.35. The van der Waals surface area contributed by atoms with Gasteiger partial charge < -0.3 is 25.0 Å². The minimum Gasteiger partial charge on any atom is -0.482 e. The van der Waals surface area contributed by atoms with Crippen LogP contribution in [-0.2, 0) is 14.3 Å². The molecule has 0 atom stereocenters. The molecule has 0 aromatic heterocycles. The molecule has 1 aliphatic rings. The van der Waals surface area contributed by atoms with Crippen molar-refractivity contribution in [3.8, 4) is 5.75 Å². The molecule has 8 nitrogen and oxygen atoms in total. The Morgan fingerprint density at radius 2 is 1.81 bits per heavy atom. The van der Waals surface area contributed by atoms with Crippen LogP contribution in [0, 0.1) is 5.92 Å². The van der Waals surface area contributed by atoms with Gasteiger partial charge in [-0.25, -0.2) is 4.79 Å². The highest BCUT2D eigenvalue weighted by atomic mass is 35.5. The predicted octanol–water partition coefficient (Wildman–Crippen LogP) is 3.25. The summed E-state index contributed by atoms with van der Waals surface area (Å²) < 4.78 is 10.5. The second-order valence-electron chi connectivity index (χ2n) is 8.35. The number of alkyl carbamates (subject to hydrolysis) is 1. The molecule has 1 aromatic rings. The molecule has 0 unspecified atom stereocenters. The molecule has 1 aromatic carbocycles. The number of hydrogen-bond donors (Lipinski definition) is 2. The van der Waals surface area contributed by atoms with Crippen molar-refractivity contribution in [2.24, 2.45) is 5.92 Å². The number of ether oxygens (including phenoxy) is 2. The van der Waals surface area contributed by atoms with Gasteiger partial charge in [-0.1, -0.05) is 23.2 Å². The number of benzene rings is 1. The molecule has 0 spiro atoms. The van der Waals surface area contributed by atoms with Gasteiger partial charge in [-0.2, -0.15) is 0 Å². The van der Waals surface area contributed by atoms with Crippen molar-refractivity contribution in [1.29, 1.82) is 0 Å². The van der Waals surface area contributed by atoms with Crippen LogP contribution in [0.2, 0.25) is 10.0 Å². The third-order valence-electron chi connectivity index (χ3n) is 4.59. The van der Waals surface area contributed by atoms with E-state index in [1.807, 2.05) is 0 Å². The fourth-order valence-corrected chi connectivity index (χ4v) is 3.47. The molecule has 1 saturated heterocycles. The molecule has 0 radical (unpaired) electrons. The van der Waals surface area contributed by atoms with E-state index in [2.05, 4.69) is 10.6 Å². The maximum absolute atomic E-state index is 12.3. The van der Waals surface area contributed by atoms with E-state index in [9.17, 15) is 14.4 Å². The van der Waals surface area contributed by atoms with Gasteiger partial charge in [0.2, 0.25) is 5.91 Å². The summed E-state index contributed by atoms with van der Waals surface area (Å²) in [5, 5.41) is 6.17. The van der Waals surface area contributed by atoms with Crippen molar-refractivity contribution in [2.45, 2.75) is 39.2 Å². The molecular formula is C21H29Cl2N3O5. The van der Waals surface area contributed by atoms with E-state index in [4.69, 9.17) is 32.7 Å². The number of amides is 3. The van der Waals surface area contributed by atoms with E-state index >= 15 is 0 Å². The first-order valence-electron chi connectivity index (χ1n) is 10.1. The highest BCUT2D eigenvalue weighted by Crippen LogP contribution is 2.27. The molecule has 31 heavy (non-hydrogen) atoms. The van der Waals surface area contributed by atoms with Crippen LogP contribution in [0.15, 0.2) is 18.2 Å². The van der Waals surface area contributed by atoms with Crippen LogP contribution in [-0.4, -0.2) is 61.2 Å². The van der Waals surface area contributed by atoms with Crippen molar-refractivity contribution in [3.05, 3.63) is 28.2 Å². The van der Waals surface area contributed by atoms with Gasteiger partial charge in [0.15, 0.2) is 6.61 Å². The predicted molar refractivity (Wildman–Crippen MR) is 119 cm³/mol. The second kappa shape index (κ2) is 11.4. The van der Waals surface area contributed by atoms with Gasteiger partial charge in [-0.05, 0) is 57.7 Å². The molecule has 2 rings (SSSR count). The average molecular weight is 474 g/mol. The number of piperidine rings is 1. The van der Waals surface area contributed by atoms with Gasteiger partial charge in [-0.15, -0.1) is 0 Å². The Labute approximate surface area is 192 Å². The number of hydrogen-bond acceptors (Lipinski definition) is 5. The molecule has 0 aliphatic carbocycles. The van der Waals surface area contributed by atoms with Crippen LogP contribution >= 0.6 is 23.2 Å². The normalized spacial score (nSPS) is 14.7. The van der Waals surface area contributed by atoms with Crippen molar-refractivity contribution in [3.63, 3.8) is 0 Å². The number of likely N-dealkylation sites (tertiary alicyclic amines) is 1. The summed E-state index contributed by atoms with van der Waals surface area (Å²) in [6.07, 6.45) is 0.922. The summed E-state index contributed by atoms with van der Waals surface area (Å²) in [5.74, 6) is 0.270. The van der Waals surface area contributed by atoms with Gasteiger partial charge in [0.05, 0.1) is 5.02 Å². The zero-order valence-electron chi connectivity index (χ0n) is 18.0. The lowest BCUT2D eigenvalue weighted by molar-refractivity contribution is -0.132. The molecule has 3 amide bonds. The second-order valence-corrected chi connectivity index (χ2v) is 9.19. The lowest BCUT2D eigenvalue weighted by atomic mass is 9.96. The first-order valence-corrected chi connectivity index (χ1v) is 10.9. The number of halogens is 2. The molecule has 1 heterocycles. The maximum atomic E-state index is 12.3. The first kappa shape index (κ1) is 25.1. The summed E-state index contributed by atoms with van der Waals surface area (Å²) in [4.78, 5) is 37.7. The third kappa shape index (κ3) is 9.23. The molecule has 172 valence electrons. The number of rotatable bonds is 7. The van der Waals surface area contributed by atoms with Gasteiger partial charge >= 0.3 is 6.09 Å². The number of nitrogens with one attached hydrogen (secondary N) is 2. The van der Waals surface area contributed by atoms with Crippen molar-refractivity contribution < 1.29 is 23.9 Å². The third-order valence-corrected chi connectivity index (χ3v) is 5.12. The van der Waals surface area contributed by atoms with Gasteiger partial charge in [-0.3, -0.25) is 9.59 Å². The molecule has 2 N–H and O–H groups in total. The Balaban J connectivity index is 1.63. The summed E-state index contributed by atoms with van der Waals surface area (Å²) >= 11 is 11.8. The quantitative estimate of drug-likeness (QED) is 0.633. The van der Waals surface area contributed by atoms with E-state index in [0.29, 0.717) is 35.4 Å². The fraction of sp³-hybridized carbons (Fsp3) is 0.571. The Hall–Kier alpha value is -2.19. The van der Waals surface area contributed by atoms with Crippen LogP contribution in [0.4, 0.5) is 4.79 Å². The Morgan fingerprint density at radius 1 is 1.13 bits per heavy atom. The van der Waals surface area contributed by atoms with E-state index in [1.54, 1.807) is 43.9 Å². The Kier molecular flexibility index (Phi) is 9.25. The van der Waals surface area contributed by atoms with Gasteiger partial charge in [0.1, 0.15) is 17.9 Å². The lowest BCUT2D eigenvalue weighted by Gasteiger charge is -2.32. The fourth-order valence-electron chi connectivity index (χ4n) is 3.01. The van der Waals surface area contributed by atoms with Crippen LogP contribution < -0.4 is 15.4 Å². The zero-order valence-corrected chi connectivity index (χ0v) is 19.5. The van der Waals surface area contributed by atoms with Crippen LogP contribution in [0.3, 0.4) is 0 Å². The summed E-state index contributed by atoms with van der Waals surface area (Å²) in [6, 6.07) is 4.80. The average Bonchev–Trinajstić information content (AvgIpc) is 2.69. The standard InChI is InChI=1S/C21H29Cl2N3O5/c1-21(2,3)31-20(29)25-12-19(28)26-8-6-14(7-9-26)11-24-18(27)13-30-17-5-4-15(22)10-16(17)23/h4-5,10,14H,6-9,11-13H2,1-3H3,(H,24,27)(H,25,29). The van der Waals surface area contributed by atoms with Gasteiger partial charge in [0, 0.05) is 24.7 Å². The summed E-state index contributed by atoms with van der Waals surface area (Å²) in [6.45, 7) is 6.70. The highest BCUT2D eigenvalue weighted by Gasteiger charge is 2.24. The summed E-state index contributed by atoms with van der Waals surface area (Å²) in [5.41, 5.74) is -0.609. The molecule has 1 fully saturated rings. The molecule has 1 aliphatic heterocycles. The number of carbonyl (C=O) groups is 3. The molecular weight excluding hydrogens is 445 g/mol. The van der Waals surface area contributed by atoms with Gasteiger partial charge in [0.25, 0.3) is 5.91 Å². The molecule has 0 bridgehead atoms. The minimum absolute atomic E-state index is 0.0963. The van der Waals surface area contributed by atoms with E-state index < -0.39 is 11.7 Å². The van der Waals surface area contributed by atoms with E-state index in [-0.39, 0.29) is 30.9 Å². The van der Waals surface area contributed by atoms with E-state index in [0.717, 1.165) is 12.8 Å². The Bertz CT molecular complexity index is 790. The smallest absolute Gasteiger partial charge is 0.408 e. The van der Waals surface area contributed by atoms with Crippen LogP contribution in [0.5, 0.6) is 5.75 Å². The lowest BCUT2D eigenvalue weighted by Crippen LogP contribution is -2.46. The minimum atomic E-state index is -0.611. The maximum Gasteiger partial charge on any atom is 0.408 e. The van der Waals surface area contributed by atoms with Crippen molar-refractivity contribution in [1.82, 2.24) is 15.5 Å². The van der Waals surface area contributed by atoms with Crippen molar-refractivity contribution >= 4 is 41.1 Å². The van der Waals surface area contributed by atoms with Crippen molar-refractivity contribution in [2.75, 3.05) is 32.8 Å².